The maximum Gasteiger partial charge on any atom is 0.327 e. The number of hydrogen-bond donors (Lipinski definition) is 2. The molecule has 0 bridgehead atoms. The number of nitrogens with one attached hydrogen (secondary N) is 2. The Kier molecular flexibility index (Phi) is 5.16. The maximum atomic E-state index is 12.5. The van der Waals surface area contributed by atoms with E-state index in [0.717, 1.165) is 23.3 Å². The molecule has 1 saturated heterocycles. The first kappa shape index (κ1) is 18.9. The SMILES string of the molecule is Cc1ccc(NC(=O)[C@@H](C)OC(=O)CN2C(=O)NC3(CCCC3)C2=O)cc1. The van der Waals surface area contributed by atoms with Crippen LogP contribution >= 0.6 is 0 Å². The minimum absolute atomic E-state index is 0.390. The lowest BCUT2D eigenvalue weighted by molar-refractivity contribution is -0.155. The second-order valence-electron chi connectivity index (χ2n) is 7.10. The number of nitrogens with zero attached hydrogens (tertiary/aromatic N) is 1. The van der Waals surface area contributed by atoms with Crippen LogP contribution in [0.15, 0.2) is 24.3 Å². The summed E-state index contributed by atoms with van der Waals surface area (Å²) in [6.07, 6.45) is 1.83. The summed E-state index contributed by atoms with van der Waals surface area (Å²) in [4.78, 5) is 49.8. The van der Waals surface area contributed by atoms with Gasteiger partial charge in [-0.2, -0.15) is 0 Å². The quantitative estimate of drug-likeness (QED) is 0.604. The van der Waals surface area contributed by atoms with Crippen LogP contribution in [0.1, 0.15) is 38.2 Å². The zero-order valence-electron chi connectivity index (χ0n) is 15.4. The number of ether oxygens (including phenoxy) is 1. The number of carbonyl (C=O) groups is 4. The molecule has 27 heavy (non-hydrogen) atoms. The summed E-state index contributed by atoms with van der Waals surface area (Å²) in [5.74, 6) is -1.68. The van der Waals surface area contributed by atoms with Gasteiger partial charge >= 0.3 is 12.0 Å². The van der Waals surface area contributed by atoms with Gasteiger partial charge in [0.25, 0.3) is 11.8 Å². The van der Waals surface area contributed by atoms with Crippen molar-refractivity contribution < 1.29 is 23.9 Å². The number of imide groups is 1. The number of aryl methyl sites for hydroxylation is 1. The Morgan fingerprint density at radius 3 is 2.48 bits per heavy atom. The molecule has 2 fully saturated rings. The summed E-state index contributed by atoms with van der Waals surface area (Å²) in [5, 5.41) is 5.35. The highest BCUT2D eigenvalue weighted by molar-refractivity contribution is 6.09. The monoisotopic (exact) mass is 373 g/mol. The van der Waals surface area contributed by atoms with Gasteiger partial charge in [-0.15, -0.1) is 0 Å². The van der Waals surface area contributed by atoms with Gasteiger partial charge in [0.15, 0.2) is 6.10 Å². The molecule has 3 rings (SSSR count). The van der Waals surface area contributed by atoms with E-state index in [1.807, 2.05) is 19.1 Å². The van der Waals surface area contributed by atoms with E-state index < -0.39 is 42.0 Å². The molecule has 1 atom stereocenters. The predicted molar refractivity (Wildman–Crippen MR) is 96.8 cm³/mol. The van der Waals surface area contributed by atoms with Crippen LogP contribution in [0, 0.1) is 6.92 Å². The van der Waals surface area contributed by atoms with Crippen molar-refractivity contribution in [3.63, 3.8) is 0 Å². The summed E-state index contributed by atoms with van der Waals surface area (Å²) < 4.78 is 5.09. The Morgan fingerprint density at radius 2 is 1.85 bits per heavy atom. The van der Waals surface area contributed by atoms with E-state index in [0.29, 0.717) is 18.5 Å². The van der Waals surface area contributed by atoms with E-state index in [4.69, 9.17) is 4.74 Å². The lowest BCUT2D eigenvalue weighted by Crippen LogP contribution is -2.44. The van der Waals surface area contributed by atoms with E-state index in [1.54, 1.807) is 12.1 Å². The van der Waals surface area contributed by atoms with Crippen LogP contribution in [0.25, 0.3) is 0 Å². The molecular weight excluding hydrogens is 350 g/mol. The van der Waals surface area contributed by atoms with E-state index in [1.165, 1.54) is 6.92 Å². The lowest BCUT2D eigenvalue weighted by atomic mass is 9.98. The molecule has 0 radical (unpaired) electrons. The normalized spacial score (nSPS) is 19.1. The van der Waals surface area contributed by atoms with Gasteiger partial charge in [0, 0.05) is 5.69 Å². The van der Waals surface area contributed by atoms with Crippen LogP contribution in [0.3, 0.4) is 0 Å². The molecule has 1 aliphatic heterocycles. The molecule has 2 N–H and O–H groups in total. The lowest BCUT2D eigenvalue weighted by Gasteiger charge is -2.20. The van der Waals surface area contributed by atoms with Crippen molar-refractivity contribution in [2.75, 3.05) is 11.9 Å². The number of urea groups is 1. The Morgan fingerprint density at radius 1 is 1.22 bits per heavy atom. The number of amides is 4. The average molecular weight is 373 g/mol. The van der Waals surface area contributed by atoms with Crippen molar-refractivity contribution in [2.24, 2.45) is 0 Å². The molecule has 1 saturated carbocycles. The Hall–Kier alpha value is -2.90. The molecule has 8 nitrogen and oxygen atoms in total. The van der Waals surface area contributed by atoms with E-state index >= 15 is 0 Å². The molecular formula is C19H23N3O5. The average Bonchev–Trinajstić information content (AvgIpc) is 3.18. The molecule has 1 aromatic rings. The number of rotatable bonds is 5. The second-order valence-corrected chi connectivity index (χ2v) is 7.10. The Bertz CT molecular complexity index is 768. The van der Waals surface area contributed by atoms with Gasteiger partial charge in [0.2, 0.25) is 0 Å². The molecule has 0 unspecified atom stereocenters. The van der Waals surface area contributed by atoms with E-state index in [-0.39, 0.29) is 0 Å². The fraction of sp³-hybridized carbons (Fsp3) is 0.474. The van der Waals surface area contributed by atoms with Crippen molar-refractivity contribution in [3.05, 3.63) is 29.8 Å². The summed E-state index contributed by atoms with van der Waals surface area (Å²) in [6, 6.07) is 6.60. The Labute approximate surface area is 157 Å². The van der Waals surface area contributed by atoms with Crippen molar-refractivity contribution in [2.45, 2.75) is 51.2 Å². The molecule has 144 valence electrons. The van der Waals surface area contributed by atoms with Crippen LogP contribution in [0.2, 0.25) is 0 Å². The fourth-order valence-electron chi connectivity index (χ4n) is 3.44. The molecule has 4 amide bonds. The van der Waals surface area contributed by atoms with Gasteiger partial charge in [-0.1, -0.05) is 30.5 Å². The summed E-state index contributed by atoms with van der Waals surface area (Å²) in [5.41, 5.74) is 0.776. The third-order valence-electron chi connectivity index (χ3n) is 4.99. The van der Waals surface area contributed by atoms with Gasteiger partial charge in [0.1, 0.15) is 12.1 Å². The largest absolute Gasteiger partial charge is 0.451 e. The number of anilines is 1. The molecule has 1 spiro atoms. The van der Waals surface area contributed by atoms with Gasteiger partial charge < -0.3 is 15.4 Å². The van der Waals surface area contributed by atoms with Gasteiger partial charge in [-0.05, 0) is 38.8 Å². The number of hydrogen-bond acceptors (Lipinski definition) is 5. The molecule has 8 heteroatoms. The highest BCUT2D eigenvalue weighted by Gasteiger charge is 2.52. The van der Waals surface area contributed by atoms with Crippen LogP contribution in [-0.2, 0) is 19.1 Å². The fourth-order valence-corrected chi connectivity index (χ4v) is 3.44. The highest BCUT2D eigenvalue weighted by atomic mass is 16.5. The highest BCUT2D eigenvalue weighted by Crippen LogP contribution is 2.34. The maximum absolute atomic E-state index is 12.5. The Balaban J connectivity index is 1.54. The molecule has 2 aliphatic rings. The molecule has 1 aromatic carbocycles. The molecule has 1 aliphatic carbocycles. The predicted octanol–water partition coefficient (Wildman–Crippen LogP) is 1.73. The third-order valence-corrected chi connectivity index (χ3v) is 4.99. The van der Waals surface area contributed by atoms with Gasteiger partial charge in [0.05, 0.1) is 0 Å². The summed E-state index contributed by atoms with van der Waals surface area (Å²) in [6.45, 7) is 2.86. The van der Waals surface area contributed by atoms with Crippen molar-refractivity contribution in [1.82, 2.24) is 10.2 Å². The number of carbonyl (C=O) groups excluding carboxylic acids is 4. The van der Waals surface area contributed by atoms with Crippen molar-refractivity contribution in [1.29, 1.82) is 0 Å². The summed E-state index contributed by atoms with van der Waals surface area (Å²) >= 11 is 0. The first-order valence-corrected chi connectivity index (χ1v) is 9.02. The smallest absolute Gasteiger partial charge is 0.327 e. The van der Waals surface area contributed by atoms with Gasteiger partial charge in [-0.3, -0.25) is 19.3 Å². The van der Waals surface area contributed by atoms with Crippen LogP contribution in [-0.4, -0.2) is 46.9 Å². The van der Waals surface area contributed by atoms with Gasteiger partial charge in [-0.25, -0.2) is 4.79 Å². The van der Waals surface area contributed by atoms with Crippen LogP contribution < -0.4 is 10.6 Å². The van der Waals surface area contributed by atoms with Crippen LogP contribution in [0.4, 0.5) is 10.5 Å². The summed E-state index contributed by atoms with van der Waals surface area (Å²) in [7, 11) is 0. The van der Waals surface area contributed by atoms with E-state index in [9.17, 15) is 19.2 Å². The number of benzene rings is 1. The molecule has 1 heterocycles. The minimum Gasteiger partial charge on any atom is -0.451 e. The first-order chi connectivity index (χ1) is 12.8. The topological polar surface area (TPSA) is 105 Å². The second kappa shape index (κ2) is 7.38. The number of esters is 1. The third kappa shape index (κ3) is 3.94. The first-order valence-electron chi connectivity index (χ1n) is 9.02. The standard InChI is InChI=1S/C19H23N3O5/c1-12-5-7-14(8-6-12)20-16(24)13(2)27-15(23)11-22-17(25)19(21-18(22)26)9-3-4-10-19/h5-8,13H,3-4,9-11H2,1-2H3,(H,20,24)(H,21,26)/t13-/m1/s1. The van der Waals surface area contributed by atoms with Crippen LogP contribution in [0.5, 0.6) is 0 Å². The van der Waals surface area contributed by atoms with Crippen molar-refractivity contribution >= 4 is 29.5 Å². The zero-order chi connectivity index (χ0) is 19.6. The van der Waals surface area contributed by atoms with Crippen molar-refractivity contribution in [3.8, 4) is 0 Å². The molecule has 0 aromatic heterocycles. The zero-order valence-corrected chi connectivity index (χ0v) is 15.4. The van der Waals surface area contributed by atoms with E-state index in [2.05, 4.69) is 10.6 Å². The minimum atomic E-state index is -1.06.